The predicted molar refractivity (Wildman–Crippen MR) is 99.7 cm³/mol. The molecule has 0 aromatic carbocycles. The van der Waals surface area contributed by atoms with Crippen LogP contribution in [0.25, 0.3) is 0 Å². The summed E-state index contributed by atoms with van der Waals surface area (Å²) in [6.45, 7) is 10.2. The molecule has 0 fully saturated rings. The Balaban J connectivity index is 3.58. The summed E-state index contributed by atoms with van der Waals surface area (Å²) in [7, 11) is -1.64. The lowest BCUT2D eigenvalue weighted by molar-refractivity contribution is -0.112. The van der Waals surface area contributed by atoms with Crippen molar-refractivity contribution < 1.29 is 9.22 Å². The quantitative estimate of drug-likeness (QED) is 0.155. The molecule has 2 nitrogen and oxygen atoms in total. The number of carbonyl (C=O) groups is 1. The molecule has 0 aromatic heterocycles. The fourth-order valence-electron chi connectivity index (χ4n) is 2.84. The van der Waals surface area contributed by atoms with E-state index in [-0.39, 0.29) is 5.78 Å². The van der Waals surface area contributed by atoms with Crippen molar-refractivity contribution in [1.29, 1.82) is 0 Å². The van der Waals surface area contributed by atoms with E-state index in [0.29, 0.717) is 0 Å². The first kappa shape index (κ1) is 21.4. The van der Waals surface area contributed by atoms with Crippen molar-refractivity contribution in [3.63, 3.8) is 0 Å². The van der Waals surface area contributed by atoms with Crippen molar-refractivity contribution in [1.82, 2.24) is 0 Å². The molecular formula is C19H38O2Si. The second-order valence-electron chi connectivity index (χ2n) is 7.16. The minimum Gasteiger partial charge on any atom is -0.547 e. The molecule has 22 heavy (non-hydrogen) atoms. The van der Waals surface area contributed by atoms with Gasteiger partial charge < -0.3 is 4.43 Å². The number of rotatable bonds is 14. The second kappa shape index (κ2) is 12.9. The lowest BCUT2D eigenvalue weighted by Crippen LogP contribution is -2.29. The first-order chi connectivity index (χ1) is 10.4. The zero-order chi connectivity index (χ0) is 16.8. The number of hydrogen-bond donors (Lipinski definition) is 0. The Hall–Kier alpha value is -0.573. The molecule has 0 aliphatic rings. The van der Waals surface area contributed by atoms with E-state index in [9.17, 15) is 4.79 Å². The molecule has 0 aliphatic heterocycles. The number of allylic oxidation sites excluding steroid dienone is 2. The molecule has 0 spiro atoms. The third-order valence-electron chi connectivity index (χ3n) is 3.98. The highest BCUT2D eigenvalue weighted by molar-refractivity contribution is 6.71. The van der Waals surface area contributed by atoms with E-state index in [2.05, 4.69) is 20.0 Å². The van der Waals surface area contributed by atoms with Crippen molar-refractivity contribution in [3.05, 3.63) is 11.8 Å². The second-order valence-corrected chi connectivity index (χ2v) is 11.4. The van der Waals surface area contributed by atoms with Gasteiger partial charge >= 0.3 is 0 Å². The number of ketones is 1. The van der Waals surface area contributed by atoms with E-state index in [0.717, 1.165) is 5.76 Å². The maximum absolute atomic E-state index is 11.0. The van der Waals surface area contributed by atoms with Crippen LogP contribution in [0.5, 0.6) is 0 Å². The maximum atomic E-state index is 11.0. The SMILES string of the molecule is CCCCCCCCCCCC[Si](C)(C)OC(C)=CC(C)=O. The Morgan fingerprint density at radius 2 is 1.32 bits per heavy atom. The normalized spacial score (nSPS) is 12.5. The summed E-state index contributed by atoms with van der Waals surface area (Å²) in [6.07, 6.45) is 15.3. The molecule has 0 amide bonds. The van der Waals surface area contributed by atoms with Gasteiger partial charge in [0.2, 0.25) is 8.32 Å². The van der Waals surface area contributed by atoms with Crippen molar-refractivity contribution in [2.24, 2.45) is 0 Å². The molecule has 0 heterocycles. The van der Waals surface area contributed by atoms with Gasteiger partial charge in [-0.25, -0.2) is 0 Å². The molecule has 0 aliphatic carbocycles. The van der Waals surface area contributed by atoms with Crippen LogP contribution in [0.1, 0.15) is 85.0 Å². The van der Waals surface area contributed by atoms with Crippen LogP contribution >= 0.6 is 0 Å². The van der Waals surface area contributed by atoms with E-state index < -0.39 is 8.32 Å². The van der Waals surface area contributed by atoms with Crippen LogP contribution in [0.15, 0.2) is 11.8 Å². The average Bonchev–Trinajstić information content (AvgIpc) is 2.39. The Bertz CT molecular complexity index is 321. The summed E-state index contributed by atoms with van der Waals surface area (Å²) < 4.78 is 6.01. The van der Waals surface area contributed by atoms with Crippen molar-refractivity contribution in [2.75, 3.05) is 0 Å². The Labute approximate surface area is 139 Å². The van der Waals surface area contributed by atoms with Gasteiger partial charge in [-0.3, -0.25) is 4.79 Å². The van der Waals surface area contributed by atoms with Crippen molar-refractivity contribution in [2.45, 2.75) is 104 Å². The van der Waals surface area contributed by atoms with Crippen molar-refractivity contribution in [3.8, 4) is 0 Å². The van der Waals surface area contributed by atoms with E-state index in [1.165, 1.54) is 70.3 Å². The summed E-state index contributed by atoms with van der Waals surface area (Å²) >= 11 is 0. The number of hydrogen-bond acceptors (Lipinski definition) is 2. The highest BCUT2D eigenvalue weighted by Gasteiger charge is 2.23. The number of carbonyl (C=O) groups excluding carboxylic acids is 1. The van der Waals surface area contributed by atoms with Gasteiger partial charge in [0.05, 0.1) is 5.76 Å². The van der Waals surface area contributed by atoms with E-state index >= 15 is 0 Å². The van der Waals surface area contributed by atoms with Crippen LogP contribution in [0.4, 0.5) is 0 Å². The van der Waals surface area contributed by atoms with Crippen LogP contribution in [-0.4, -0.2) is 14.1 Å². The molecule has 0 N–H and O–H groups in total. The molecule has 0 unspecified atom stereocenters. The van der Waals surface area contributed by atoms with Gasteiger partial charge in [0.15, 0.2) is 5.78 Å². The molecule has 0 atom stereocenters. The molecular weight excluding hydrogens is 288 g/mol. The average molecular weight is 327 g/mol. The Morgan fingerprint density at radius 3 is 1.77 bits per heavy atom. The standard InChI is InChI=1S/C19H38O2Si/c1-6-7-8-9-10-11-12-13-14-15-16-22(4,5)21-19(3)17-18(2)20/h17H,6-16H2,1-5H3. The summed E-state index contributed by atoms with van der Waals surface area (Å²) in [5, 5.41) is 0. The molecule has 0 radical (unpaired) electrons. The van der Waals surface area contributed by atoms with Gasteiger partial charge in [0, 0.05) is 6.08 Å². The van der Waals surface area contributed by atoms with Crippen LogP contribution < -0.4 is 0 Å². The zero-order valence-electron chi connectivity index (χ0n) is 15.7. The molecule has 0 saturated heterocycles. The zero-order valence-corrected chi connectivity index (χ0v) is 16.7. The third kappa shape index (κ3) is 14.4. The molecule has 0 rings (SSSR count). The Kier molecular flexibility index (Phi) is 12.6. The van der Waals surface area contributed by atoms with Crippen molar-refractivity contribution >= 4 is 14.1 Å². The highest BCUT2D eigenvalue weighted by Crippen LogP contribution is 2.20. The van der Waals surface area contributed by atoms with Gasteiger partial charge in [-0.15, -0.1) is 0 Å². The molecule has 130 valence electrons. The van der Waals surface area contributed by atoms with E-state index in [1.807, 2.05) is 6.92 Å². The summed E-state index contributed by atoms with van der Waals surface area (Å²) in [4.78, 5) is 11.0. The van der Waals surface area contributed by atoms with Crippen LogP contribution in [-0.2, 0) is 9.22 Å². The largest absolute Gasteiger partial charge is 0.547 e. The summed E-state index contributed by atoms with van der Waals surface area (Å²) in [6, 6.07) is 1.19. The van der Waals surface area contributed by atoms with E-state index in [1.54, 1.807) is 13.0 Å². The highest BCUT2D eigenvalue weighted by atomic mass is 28.4. The molecule has 0 aromatic rings. The van der Waals surface area contributed by atoms with Crippen LogP contribution in [0, 0.1) is 0 Å². The smallest absolute Gasteiger partial charge is 0.244 e. The maximum Gasteiger partial charge on any atom is 0.244 e. The van der Waals surface area contributed by atoms with Crippen LogP contribution in [0.2, 0.25) is 19.1 Å². The van der Waals surface area contributed by atoms with E-state index in [4.69, 9.17) is 4.43 Å². The lowest BCUT2D eigenvalue weighted by Gasteiger charge is -2.24. The summed E-state index contributed by atoms with van der Waals surface area (Å²) in [5.41, 5.74) is 0. The third-order valence-corrected chi connectivity index (χ3v) is 6.41. The molecule has 0 saturated carbocycles. The number of unbranched alkanes of at least 4 members (excludes halogenated alkanes) is 9. The van der Waals surface area contributed by atoms with Gasteiger partial charge in [0.25, 0.3) is 0 Å². The monoisotopic (exact) mass is 326 g/mol. The Morgan fingerprint density at radius 1 is 0.864 bits per heavy atom. The van der Waals surface area contributed by atoms with Gasteiger partial charge in [-0.1, -0.05) is 71.1 Å². The minimum absolute atomic E-state index is 0.0706. The fraction of sp³-hybridized carbons (Fsp3) is 0.842. The topological polar surface area (TPSA) is 26.3 Å². The lowest BCUT2D eigenvalue weighted by atomic mass is 10.1. The van der Waals surface area contributed by atoms with Gasteiger partial charge in [-0.05, 0) is 33.0 Å². The summed E-state index contributed by atoms with van der Waals surface area (Å²) in [5.74, 6) is 0.859. The fourth-order valence-corrected chi connectivity index (χ4v) is 4.97. The van der Waals surface area contributed by atoms with Gasteiger partial charge in [-0.2, -0.15) is 0 Å². The van der Waals surface area contributed by atoms with Crippen LogP contribution in [0.3, 0.4) is 0 Å². The first-order valence-electron chi connectivity index (χ1n) is 9.25. The molecule has 0 bridgehead atoms. The molecule has 3 heteroatoms. The minimum atomic E-state index is -1.64. The van der Waals surface area contributed by atoms with Gasteiger partial charge in [0.1, 0.15) is 0 Å². The first-order valence-corrected chi connectivity index (χ1v) is 12.4. The predicted octanol–water partition coefficient (Wildman–Crippen LogP) is 6.62.